The van der Waals surface area contributed by atoms with Gasteiger partial charge in [0.15, 0.2) is 0 Å². The van der Waals surface area contributed by atoms with Crippen LogP contribution >= 0.6 is 0 Å². The van der Waals surface area contributed by atoms with E-state index in [4.69, 9.17) is 5.73 Å². The van der Waals surface area contributed by atoms with Gasteiger partial charge in [-0.1, -0.05) is 6.07 Å². The van der Waals surface area contributed by atoms with Crippen molar-refractivity contribution in [1.82, 2.24) is 9.97 Å². The third-order valence-corrected chi connectivity index (χ3v) is 3.22. The Kier molecular flexibility index (Phi) is 3.23. The molecule has 2 aromatic carbocycles. The number of hydrogen-bond acceptors (Lipinski definition) is 3. The summed E-state index contributed by atoms with van der Waals surface area (Å²) in [5.74, 6) is -0.903. The zero-order valence-corrected chi connectivity index (χ0v) is 11.3. The lowest BCUT2D eigenvalue weighted by Gasteiger charge is -2.06. The van der Waals surface area contributed by atoms with Crippen molar-refractivity contribution in [2.45, 2.75) is 0 Å². The fourth-order valence-electron chi connectivity index (χ4n) is 2.16. The number of rotatable bonds is 3. The van der Waals surface area contributed by atoms with Gasteiger partial charge in [0, 0.05) is 11.3 Å². The number of aromatic nitrogens is 2. The van der Waals surface area contributed by atoms with Crippen molar-refractivity contribution in [3.63, 3.8) is 0 Å². The highest BCUT2D eigenvalue weighted by atomic mass is 16.2. The number of aromatic amines is 2. The van der Waals surface area contributed by atoms with Gasteiger partial charge in [0.05, 0.1) is 16.6 Å². The summed E-state index contributed by atoms with van der Waals surface area (Å²) in [6.07, 6.45) is 0. The van der Waals surface area contributed by atoms with Crippen molar-refractivity contribution >= 4 is 28.5 Å². The SMILES string of the molecule is NC(=O)c1ccc(NC(=O)c2cccc3[nH]c(=O)[nH]c23)cc1. The van der Waals surface area contributed by atoms with Crippen LogP contribution in [0.2, 0.25) is 0 Å². The van der Waals surface area contributed by atoms with E-state index in [9.17, 15) is 14.4 Å². The van der Waals surface area contributed by atoms with Crippen LogP contribution in [0.1, 0.15) is 20.7 Å². The van der Waals surface area contributed by atoms with Crippen LogP contribution in [-0.2, 0) is 0 Å². The first-order valence-corrected chi connectivity index (χ1v) is 6.47. The largest absolute Gasteiger partial charge is 0.366 e. The molecule has 110 valence electrons. The summed E-state index contributed by atoms with van der Waals surface area (Å²) < 4.78 is 0. The van der Waals surface area contributed by atoms with E-state index in [1.54, 1.807) is 30.3 Å². The summed E-state index contributed by atoms with van der Waals surface area (Å²) in [4.78, 5) is 39.8. The van der Waals surface area contributed by atoms with E-state index in [0.717, 1.165) is 0 Å². The van der Waals surface area contributed by atoms with Gasteiger partial charge in [0.2, 0.25) is 5.91 Å². The Morgan fingerprint density at radius 2 is 1.73 bits per heavy atom. The van der Waals surface area contributed by atoms with Crippen molar-refractivity contribution in [3.05, 3.63) is 64.1 Å². The van der Waals surface area contributed by atoms with Gasteiger partial charge in [-0.25, -0.2) is 4.79 Å². The molecule has 0 aliphatic carbocycles. The maximum absolute atomic E-state index is 12.3. The molecule has 3 rings (SSSR count). The number of carbonyl (C=O) groups is 2. The molecular formula is C15H12N4O3. The van der Waals surface area contributed by atoms with E-state index in [-0.39, 0.29) is 11.6 Å². The highest BCUT2D eigenvalue weighted by Gasteiger charge is 2.12. The number of H-pyrrole nitrogens is 2. The Labute approximate surface area is 124 Å². The lowest BCUT2D eigenvalue weighted by Crippen LogP contribution is -2.14. The van der Waals surface area contributed by atoms with Gasteiger partial charge in [0.1, 0.15) is 0 Å². The minimum atomic E-state index is -0.535. The molecule has 0 atom stereocenters. The van der Waals surface area contributed by atoms with Crippen LogP contribution < -0.4 is 16.7 Å². The summed E-state index contributed by atoms with van der Waals surface area (Å²) in [6.45, 7) is 0. The highest BCUT2D eigenvalue weighted by Crippen LogP contribution is 2.16. The fraction of sp³-hybridized carbons (Fsp3) is 0. The average Bonchev–Trinajstić information content (AvgIpc) is 2.87. The molecule has 0 aliphatic heterocycles. The minimum absolute atomic E-state index is 0.342. The number of nitrogens with one attached hydrogen (secondary N) is 3. The van der Waals surface area contributed by atoms with Gasteiger partial charge in [-0.2, -0.15) is 0 Å². The Balaban J connectivity index is 1.90. The Morgan fingerprint density at radius 3 is 2.41 bits per heavy atom. The van der Waals surface area contributed by atoms with E-state index in [0.29, 0.717) is 27.8 Å². The lowest BCUT2D eigenvalue weighted by molar-refractivity contribution is 0.0998. The van der Waals surface area contributed by atoms with Crippen LogP contribution in [-0.4, -0.2) is 21.8 Å². The molecule has 22 heavy (non-hydrogen) atoms. The van der Waals surface area contributed by atoms with Crippen molar-refractivity contribution in [2.75, 3.05) is 5.32 Å². The third kappa shape index (κ3) is 2.47. The first-order valence-electron chi connectivity index (χ1n) is 6.47. The monoisotopic (exact) mass is 296 g/mol. The van der Waals surface area contributed by atoms with Crippen molar-refractivity contribution in [3.8, 4) is 0 Å². The third-order valence-electron chi connectivity index (χ3n) is 3.22. The predicted molar refractivity (Wildman–Crippen MR) is 81.8 cm³/mol. The van der Waals surface area contributed by atoms with Crippen LogP contribution in [0.15, 0.2) is 47.3 Å². The molecule has 3 aromatic rings. The predicted octanol–water partition coefficient (Wildman–Crippen LogP) is 1.21. The number of imidazole rings is 1. The number of amides is 2. The zero-order chi connectivity index (χ0) is 15.7. The van der Waals surface area contributed by atoms with E-state index < -0.39 is 5.91 Å². The molecule has 7 heteroatoms. The highest BCUT2D eigenvalue weighted by molar-refractivity contribution is 6.11. The zero-order valence-electron chi connectivity index (χ0n) is 11.3. The summed E-state index contributed by atoms with van der Waals surface area (Å²) in [7, 11) is 0. The van der Waals surface area contributed by atoms with Crippen LogP contribution in [0.3, 0.4) is 0 Å². The van der Waals surface area contributed by atoms with Crippen molar-refractivity contribution in [1.29, 1.82) is 0 Å². The molecule has 1 aromatic heterocycles. The van der Waals surface area contributed by atoms with E-state index in [2.05, 4.69) is 15.3 Å². The lowest BCUT2D eigenvalue weighted by atomic mass is 10.1. The molecule has 0 saturated carbocycles. The molecule has 7 nitrogen and oxygen atoms in total. The topological polar surface area (TPSA) is 121 Å². The number of anilines is 1. The summed E-state index contributed by atoms with van der Waals surface area (Å²) >= 11 is 0. The Morgan fingerprint density at radius 1 is 1.00 bits per heavy atom. The molecule has 0 unspecified atom stereocenters. The van der Waals surface area contributed by atoms with E-state index in [1.165, 1.54) is 12.1 Å². The van der Waals surface area contributed by atoms with Gasteiger partial charge in [-0.15, -0.1) is 0 Å². The van der Waals surface area contributed by atoms with Gasteiger partial charge in [-0.05, 0) is 36.4 Å². The minimum Gasteiger partial charge on any atom is -0.366 e. The summed E-state index contributed by atoms with van der Waals surface area (Å²) in [5, 5.41) is 2.70. The maximum Gasteiger partial charge on any atom is 0.323 e. The summed E-state index contributed by atoms with van der Waals surface area (Å²) in [6, 6.07) is 11.2. The van der Waals surface area contributed by atoms with Crippen LogP contribution in [0.5, 0.6) is 0 Å². The second-order valence-corrected chi connectivity index (χ2v) is 4.70. The number of primary amides is 1. The number of nitrogens with two attached hydrogens (primary N) is 1. The molecule has 0 saturated heterocycles. The van der Waals surface area contributed by atoms with Gasteiger partial charge < -0.3 is 21.0 Å². The standard InChI is InChI=1S/C15H12N4O3/c16-13(20)8-4-6-9(7-5-8)17-14(21)10-2-1-3-11-12(10)19-15(22)18-11/h1-7H,(H2,16,20)(H,17,21)(H2,18,19,22). The number of para-hydroxylation sites is 1. The van der Waals surface area contributed by atoms with E-state index in [1.807, 2.05) is 0 Å². The number of benzene rings is 2. The smallest absolute Gasteiger partial charge is 0.323 e. The molecule has 0 spiro atoms. The van der Waals surface area contributed by atoms with Crippen molar-refractivity contribution in [2.24, 2.45) is 5.73 Å². The maximum atomic E-state index is 12.3. The molecule has 2 amide bonds. The molecular weight excluding hydrogens is 284 g/mol. The average molecular weight is 296 g/mol. The number of hydrogen-bond donors (Lipinski definition) is 4. The fourth-order valence-corrected chi connectivity index (χ4v) is 2.16. The number of carbonyl (C=O) groups excluding carboxylic acids is 2. The van der Waals surface area contributed by atoms with Crippen LogP contribution in [0, 0.1) is 0 Å². The van der Waals surface area contributed by atoms with Gasteiger partial charge in [0.25, 0.3) is 5.91 Å². The van der Waals surface area contributed by atoms with E-state index >= 15 is 0 Å². The van der Waals surface area contributed by atoms with Crippen LogP contribution in [0.4, 0.5) is 5.69 Å². The van der Waals surface area contributed by atoms with Crippen molar-refractivity contribution < 1.29 is 9.59 Å². The molecule has 0 radical (unpaired) electrons. The Bertz CT molecular complexity index is 922. The summed E-state index contributed by atoms with van der Waals surface area (Å²) in [5.41, 5.74) is 7.00. The molecule has 0 fully saturated rings. The second-order valence-electron chi connectivity index (χ2n) is 4.70. The molecule has 0 aliphatic rings. The number of fused-ring (bicyclic) bond motifs is 1. The first-order chi connectivity index (χ1) is 10.5. The van der Waals surface area contributed by atoms with Gasteiger partial charge in [-0.3, -0.25) is 9.59 Å². The molecule has 5 N–H and O–H groups in total. The van der Waals surface area contributed by atoms with Gasteiger partial charge >= 0.3 is 5.69 Å². The second kappa shape index (κ2) is 5.21. The molecule has 1 heterocycles. The molecule has 0 bridgehead atoms. The normalized spacial score (nSPS) is 10.5. The van der Waals surface area contributed by atoms with Crippen LogP contribution in [0.25, 0.3) is 11.0 Å². The first kappa shape index (κ1) is 13.6. The Hall–Kier alpha value is -3.35. The quantitative estimate of drug-likeness (QED) is 0.581.